The van der Waals surface area contributed by atoms with Crippen LogP contribution in [0, 0.1) is 5.92 Å². The van der Waals surface area contributed by atoms with Crippen molar-refractivity contribution in [3.05, 3.63) is 35.9 Å². The van der Waals surface area contributed by atoms with Crippen LogP contribution in [0.1, 0.15) is 55.3 Å². The summed E-state index contributed by atoms with van der Waals surface area (Å²) in [5.74, 6) is 1.28. The van der Waals surface area contributed by atoms with Gasteiger partial charge in [0.05, 0.1) is 0 Å². The molecule has 3 N–H and O–H groups in total. The monoisotopic (exact) mass is 413 g/mol. The molecule has 2 amide bonds. The highest BCUT2D eigenvalue weighted by Crippen LogP contribution is 2.26. The fourth-order valence-corrected chi connectivity index (χ4v) is 4.26. The quantitative estimate of drug-likeness (QED) is 0.363. The summed E-state index contributed by atoms with van der Waals surface area (Å²) in [6, 6.07) is 9.47. The maximum Gasteiger partial charge on any atom is 0.251 e. The number of nitrogens with zero attached hydrogens (tertiary/aromatic N) is 2. The van der Waals surface area contributed by atoms with Crippen molar-refractivity contribution in [3.63, 3.8) is 0 Å². The summed E-state index contributed by atoms with van der Waals surface area (Å²) >= 11 is 0. The summed E-state index contributed by atoms with van der Waals surface area (Å²) < 4.78 is 0. The van der Waals surface area contributed by atoms with Gasteiger partial charge < -0.3 is 20.9 Å². The number of hydrogen-bond acceptors (Lipinski definition) is 3. The normalized spacial score (nSPS) is 20.1. The molecule has 2 fully saturated rings. The van der Waals surface area contributed by atoms with Gasteiger partial charge in [-0.2, -0.15) is 0 Å². The van der Waals surface area contributed by atoms with E-state index in [1.54, 1.807) is 7.05 Å². The van der Waals surface area contributed by atoms with Crippen LogP contribution in [0.5, 0.6) is 0 Å². The zero-order valence-electron chi connectivity index (χ0n) is 18.0. The zero-order chi connectivity index (χ0) is 21.2. The Hall–Kier alpha value is -2.57. The van der Waals surface area contributed by atoms with Gasteiger partial charge in [-0.3, -0.25) is 14.6 Å². The number of carbonyl (C=O) groups excluding carboxylic acids is 2. The van der Waals surface area contributed by atoms with Gasteiger partial charge in [-0.15, -0.1) is 0 Å². The second-order valence-electron chi connectivity index (χ2n) is 8.22. The highest BCUT2D eigenvalue weighted by molar-refractivity contribution is 5.94. The van der Waals surface area contributed by atoms with Gasteiger partial charge in [-0.25, -0.2) is 0 Å². The fraction of sp³-hybridized carbons (Fsp3) is 0.609. The van der Waals surface area contributed by atoms with Crippen molar-refractivity contribution >= 4 is 17.8 Å². The molecule has 0 radical (unpaired) electrons. The van der Waals surface area contributed by atoms with Gasteiger partial charge in [-0.05, 0) is 37.8 Å². The largest absolute Gasteiger partial charge is 0.356 e. The predicted octanol–water partition coefficient (Wildman–Crippen LogP) is 2.15. The van der Waals surface area contributed by atoms with E-state index < -0.39 is 0 Å². The Bertz CT molecular complexity index is 716. The number of aliphatic imine (C=N–C) groups is 1. The molecule has 1 aliphatic carbocycles. The Kier molecular flexibility index (Phi) is 8.53. The van der Waals surface area contributed by atoms with E-state index in [0.717, 1.165) is 44.7 Å². The summed E-state index contributed by atoms with van der Waals surface area (Å²) in [5, 5.41) is 9.67. The lowest BCUT2D eigenvalue weighted by Crippen LogP contribution is -2.46. The van der Waals surface area contributed by atoms with E-state index in [1.807, 2.05) is 35.2 Å². The lowest BCUT2D eigenvalue weighted by molar-refractivity contribution is -0.135. The van der Waals surface area contributed by atoms with Crippen molar-refractivity contribution < 1.29 is 9.59 Å². The Balaban J connectivity index is 1.32. The molecule has 0 spiro atoms. The molecule has 1 aliphatic heterocycles. The Morgan fingerprint density at radius 2 is 1.77 bits per heavy atom. The third-order valence-corrected chi connectivity index (χ3v) is 5.99. The van der Waals surface area contributed by atoms with E-state index in [2.05, 4.69) is 20.9 Å². The van der Waals surface area contributed by atoms with Crippen LogP contribution in [0.4, 0.5) is 0 Å². The molecule has 2 aliphatic rings. The molecule has 0 bridgehead atoms. The van der Waals surface area contributed by atoms with E-state index in [4.69, 9.17) is 0 Å². The number of benzene rings is 1. The van der Waals surface area contributed by atoms with Gasteiger partial charge >= 0.3 is 0 Å². The van der Waals surface area contributed by atoms with Crippen molar-refractivity contribution in [1.29, 1.82) is 0 Å². The second-order valence-corrected chi connectivity index (χ2v) is 8.22. The first kappa shape index (κ1) is 22.1. The molecule has 3 rings (SSSR count). The number of nitrogens with one attached hydrogen (secondary N) is 3. The highest BCUT2D eigenvalue weighted by Gasteiger charge is 2.31. The Morgan fingerprint density at radius 3 is 2.50 bits per heavy atom. The van der Waals surface area contributed by atoms with Crippen LogP contribution in [0.2, 0.25) is 0 Å². The first-order chi connectivity index (χ1) is 14.7. The van der Waals surface area contributed by atoms with Gasteiger partial charge in [0.2, 0.25) is 5.91 Å². The maximum atomic E-state index is 12.7. The standard InChI is InChI=1S/C23H35N5O2/c1-24-23(26-15-8-14-25-21(29)18-9-4-2-5-10-18)27-20-13-16-28(17-20)22(30)19-11-6-3-7-12-19/h2,4-5,9-10,19-20H,3,6-8,11-17H2,1H3,(H,25,29)(H2,24,26,27). The van der Waals surface area contributed by atoms with Crippen LogP contribution in [-0.4, -0.2) is 61.9 Å². The van der Waals surface area contributed by atoms with Crippen LogP contribution in [-0.2, 0) is 4.79 Å². The lowest BCUT2D eigenvalue weighted by Gasteiger charge is -2.26. The minimum absolute atomic E-state index is 0.0493. The number of hydrogen-bond donors (Lipinski definition) is 3. The van der Waals surface area contributed by atoms with Gasteiger partial charge in [0.15, 0.2) is 5.96 Å². The molecule has 30 heavy (non-hydrogen) atoms. The first-order valence-corrected chi connectivity index (χ1v) is 11.3. The van der Waals surface area contributed by atoms with E-state index in [1.165, 1.54) is 19.3 Å². The first-order valence-electron chi connectivity index (χ1n) is 11.3. The molecule has 1 saturated carbocycles. The maximum absolute atomic E-state index is 12.7. The van der Waals surface area contributed by atoms with E-state index >= 15 is 0 Å². The molecule has 1 atom stereocenters. The average Bonchev–Trinajstić information content (AvgIpc) is 3.27. The summed E-state index contributed by atoms with van der Waals surface area (Å²) in [6.07, 6.45) is 7.51. The number of guanidine groups is 1. The minimum Gasteiger partial charge on any atom is -0.356 e. The summed E-state index contributed by atoms with van der Waals surface area (Å²) in [5.41, 5.74) is 0.677. The smallest absolute Gasteiger partial charge is 0.251 e. The predicted molar refractivity (Wildman–Crippen MR) is 119 cm³/mol. The Labute approximate surface area is 179 Å². The molecule has 1 saturated heterocycles. The molecule has 1 aromatic carbocycles. The number of rotatable bonds is 7. The number of likely N-dealkylation sites (tertiary alicyclic amines) is 1. The zero-order valence-corrected chi connectivity index (χ0v) is 18.0. The molecular weight excluding hydrogens is 378 g/mol. The second kappa shape index (κ2) is 11.6. The van der Waals surface area contributed by atoms with Crippen LogP contribution in [0.25, 0.3) is 0 Å². The Morgan fingerprint density at radius 1 is 1.03 bits per heavy atom. The molecule has 164 valence electrons. The lowest BCUT2D eigenvalue weighted by atomic mass is 9.88. The van der Waals surface area contributed by atoms with E-state index in [-0.39, 0.29) is 17.9 Å². The molecule has 0 aromatic heterocycles. The van der Waals surface area contributed by atoms with Gasteiger partial charge in [-0.1, -0.05) is 37.5 Å². The van der Waals surface area contributed by atoms with Crippen molar-refractivity contribution in [2.24, 2.45) is 10.9 Å². The topological polar surface area (TPSA) is 85.8 Å². The van der Waals surface area contributed by atoms with Gasteiger partial charge in [0.25, 0.3) is 5.91 Å². The van der Waals surface area contributed by atoms with Crippen LogP contribution < -0.4 is 16.0 Å². The third kappa shape index (κ3) is 6.47. The molecule has 7 heteroatoms. The van der Waals surface area contributed by atoms with Crippen molar-refractivity contribution in [3.8, 4) is 0 Å². The van der Waals surface area contributed by atoms with Crippen molar-refractivity contribution in [1.82, 2.24) is 20.9 Å². The molecular formula is C23H35N5O2. The fourth-order valence-electron chi connectivity index (χ4n) is 4.26. The van der Waals surface area contributed by atoms with Gasteiger partial charge in [0.1, 0.15) is 0 Å². The van der Waals surface area contributed by atoms with E-state index in [9.17, 15) is 9.59 Å². The summed E-state index contributed by atoms with van der Waals surface area (Å²) in [6.45, 7) is 2.90. The summed E-state index contributed by atoms with van der Waals surface area (Å²) in [4.78, 5) is 31.1. The number of carbonyl (C=O) groups is 2. The van der Waals surface area contributed by atoms with Crippen molar-refractivity contribution in [2.45, 2.75) is 51.0 Å². The SMILES string of the molecule is CN=C(NCCCNC(=O)c1ccccc1)NC1CCN(C(=O)C2CCCCC2)C1. The van der Waals surface area contributed by atoms with Crippen LogP contribution in [0.15, 0.2) is 35.3 Å². The molecule has 1 aromatic rings. The third-order valence-electron chi connectivity index (χ3n) is 5.99. The molecule has 1 heterocycles. The molecule has 7 nitrogen and oxygen atoms in total. The number of amides is 2. The van der Waals surface area contributed by atoms with Crippen molar-refractivity contribution in [2.75, 3.05) is 33.2 Å². The van der Waals surface area contributed by atoms with Crippen LogP contribution >= 0.6 is 0 Å². The van der Waals surface area contributed by atoms with Crippen LogP contribution in [0.3, 0.4) is 0 Å². The van der Waals surface area contributed by atoms with Gasteiger partial charge in [0, 0.05) is 50.7 Å². The van der Waals surface area contributed by atoms with E-state index in [0.29, 0.717) is 24.6 Å². The minimum atomic E-state index is -0.0493. The average molecular weight is 414 g/mol. The summed E-state index contributed by atoms with van der Waals surface area (Å²) in [7, 11) is 1.76. The highest BCUT2D eigenvalue weighted by atomic mass is 16.2. The molecule has 1 unspecified atom stereocenters.